The molecule has 0 heterocycles. The number of carboxylic acids is 2. The zero-order valence-corrected chi connectivity index (χ0v) is 21.3. The van der Waals surface area contributed by atoms with Gasteiger partial charge in [-0.2, -0.15) is 13.2 Å². The van der Waals surface area contributed by atoms with Crippen LogP contribution in [0.15, 0.2) is 82.6 Å². The summed E-state index contributed by atoms with van der Waals surface area (Å²) in [6.07, 6.45) is -5.08. The second-order valence-electron chi connectivity index (χ2n) is 8.19. The quantitative estimate of drug-likeness (QED) is 0.0686. The molecule has 41 heavy (non-hydrogen) atoms. The smallest absolute Gasteiger partial charge is 0.478 e. The minimum absolute atomic E-state index is 0.0724. The van der Waals surface area contributed by atoms with E-state index in [1.807, 2.05) is 0 Å². The van der Waals surface area contributed by atoms with Crippen molar-refractivity contribution < 1.29 is 50.5 Å². The molecule has 4 rings (SSSR count). The van der Waals surface area contributed by atoms with Gasteiger partial charge in [0.2, 0.25) is 9.84 Å². The van der Waals surface area contributed by atoms with Crippen molar-refractivity contribution in [2.75, 3.05) is 5.73 Å². The monoisotopic (exact) mass is 593 g/mol. The highest BCUT2D eigenvalue weighted by Crippen LogP contribution is 2.36. The van der Waals surface area contributed by atoms with Crippen LogP contribution in [-0.2, 0) is 14.6 Å². The highest BCUT2D eigenvalue weighted by Gasteiger charge is 2.38. The van der Waals surface area contributed by atoms with E-state index in [1.165, 1.54) is 0 Å². The number of halogens is 4. The lowest BCUT2D eigenvalue weighted by Crippen LogP contribution is -2.21. The van der Waals surface area contributed by atoms with E-state index in [1.54, 1.807) is 36.4 Å². The molecular formula is C26H19F4N3O7S. The lowest BCUT2D eigenvalue weighted by molar-refractivity contribution is -0.192. The van der Waals surface area contributed by atoms with Crippen molar-refractivity contribution in [1.29, 1.82) is 5.41 Å². The van der Waals surface area contributed by atoms with Gasteiger partial charge in [0, 0.05) is 5.56 Å². The number of hydrogen-bond acceptors (Lipinski definition) is 7. The van der Waals surface area contributed by atoms with E-state index < -0.39 is 39.3 Å². The molecule has 4 aromatic carbocycles. The first-order chi connectivity index (χ1) is 19.0. The molecule has 0 aliphatic heterocycles. The summed E-state index contributed by atoms with van der Waals surface area (Å²) in [6, 6.07) is 16.3. The third-order valence-electron chi connectivity index (χ3n) is 5.34. The Kier molecular flexibility index (Phi) is 8.52. The fourth-order valence-electron chi connectivity index (χ4n) is 3.37. The number of aliphatic carboxylic acids is 1. The number of benzene rings is 4. The number of rotatable bonds is 6. The second-order valence-corrected chi connectivity index (χ2v) is 10.1. The van der Waals surface area contributed by atoms with Crippen LogP contribution in [-0.4, -0.2) is 42.6 Å². The van der Waals surface area contributed by atoms with E-state index in [2.05, 4.69) is 0 Å². The topological polar surface area (TPSA) is 194 Å². The number of hydrogen-bond donors (Lipinski definition) is 5. The molecule has 0 fully saturated rings. The van der Waals surface area contributed by atoms with E-state index in [0.29, 0.717) is 5.56 Å². The maximum Gasteiger partial charge on any atom is 0.490 e. The third kappa shape index (κ3) is 7.07. The molecule has 214 valence electrons. The van der Waals surface area contributed by atoms with Gasteiger partial charge in [0.25, 0.3) is 0 Å². The largest absolute Gasteiger partial charge is 0.490 e. The molecule has 0 saturated carbocycles. The molecule has 15 heteroatoms. The first-order valence-electron chi connectivity index (χ1n) is 11.0. The molecule has 0 aliphatic carbocycles. The summed E-state index contributed by atoms with van der Waals surface area (Å²) in [7, 11) is -4.16. The van der Waals surface area contributed by atoms with E-state index in [0.717, 1.165) is 47.2 Å². The summed E-state index contributed by atoms with van der Waals surface area (Å²) in [4.78, 5) is 20.2. The zero-order valence-electron chi connectivity index (χ0n) is 20.4. The van der Waals surface area contributed by atoms with Gasteiger partial charge in [0.05, 0.1) is 15.5 Å². The summed E-state index contributed by atoms with van der Waals surface area (Å²) in [6.45, 7) is 0. The number of nitrogens with two attached hydrogens (primary N) is 2. The molecule has 0 atom stereocenters. The molecule has 0 amide bonds. The normalized spacial score (nSPS) is 11.3. The molecule has 0 unspecified atom stereocenters. The average molecular weight is 594 g/mol. The van der Waals surface area contributed by atoms with Crippen molar-refractivity contribution in [3.63, 3.8) is 0 Å². The molecular weight excluding hydrogens is 574 g/mol. The van der Waals surface area contributed by atoms with Crippen molar-refractivity contribution >= 4 is 44.1 Å². The van der Waals surface area contributed by atoms with E-state index in [4.69, 9.17) is 31.5 Å². The van der Waals surface area contributed by atoms with Crippen LogP contribution in [0, 0.1) is 11.2 Å². The first-order valence-corrected chi connectivity index (χ1v) is 12.5. The van der Waals surface area contributed by atoms with Gasteiger partial charge in [-0.15, -0.1) is 0 Å². The molecule has 0 bridgehead atoms. The van der Waals surface area contributed by atoms with Gasteiger partial charge < -0.3 is 26.4 Å². The van der Waals surface area contributed by atoms with Crippen LogP contribution in [0.4, 0.5) is 23.2 Å². The van der Waals surface area contributed by atoms with Crippen molar-refractivity contribution in [3.05, 3.63) is 89.7 Å². The minimum atomic E-state index is -5.08. The number of aromatic carboxylic acids is 1. The number of sulfone groups is 1. The molecule has 0 radical (unpaired) electrons. The maximum absolute atomic E-state index is 13.2. The Balaban J connectivity index is 0.000000587. The van der Waals surface area contributed by atoms with Gasteiger partial charge in [-0.3, -0.25) is 5.41 Å². The Hall–Kier alpha value is -5.18. The number of anilines is 1. The number of amidine groups is 1. The third-order valence-corrected chi connectivity index (χ3v) is 7.09. The summed E-state index contributed by atoms with van der Waals surface area (Å²) < 4.78 is 76.6. The van der Waals surface area contributed by atoms with Gasteiger partial charge in [-0.1, -0.05) is 18.2 Å². The highest BCUT2D eigenvalue weighted by atomic mass is 32.2. The Morgan fingerprint density at radius 1 is 0.854 bits per heavy atom. The molecule has 0 spiro atoms. The van der Waals surface area contributed by atoms with Crippen molar-refractivity contribution in [2.24, 2.45) is 5.73 Å². The van der Waals surface area contributed by atoms with E-state index in [-0.39, 0.29) is 32.8 Å². The summed E-state index contributed by atoms with van der Waals surface area (Å²) in [5.74, 6) is -4.83. The second kappa shape index (κ2) is 11.5. The lowest BCUT2D eigenvalue weighted by atomic mass is 10.1. The number of alkyl halides is 3. The summed E-state index contributed by atoms with van der Waals surface area (Å²) in [5.41, 5.74) is 11.4. The fourth-order valence-corrected chi connectivity index (χ4v) is 4.70. The number of carbonyl (C=O) groups is 2. The van der Waals surface area contributed by atoms with Crippen LogP contribution in [0.3, 0.4) is 0 Å². The number of nitrogen functional groups attached to an aromatic ring is 2. The van der Waals surface area contributed by atoms with Gasteiger partial charge in [0.1, 0.15) is 23.0 Å². The molecule has 7 N–H and O–H groups in total. The summed E-state index contributed by atoms with van der Waals surface area (Å²) >= 11 is 0. The highest BCUT2D eigenvalue weighted by molar-refractivity contribution is 7.91. The Labute approximate surface area is 228 Å². The maximum atomic E-state index is 13.2. The first kappa shape index (κ1) is 30.4. The molecule has 0 aromatic heterocycles. The Morgan fingerprint density at radius 3 is 1.95 bits per heavy atom. The van der Waals surface area contributed by atoms with Crippen molar-refractivity contribution in [1.82, 2.24) is 0 Å². The minimum Gasteiger partial charge on any atom is -0.478 e. The van der Waals surface area contributed by atoms with Gasteiger partial charge in [-0.25, -0.2) is 22.4 Å². The summed E-state index contributed by atoms with van der Waals surface area (Å²) in [5, 5.41) is 25.9. The molecule has 4 aromatic rings. The zero-order chi connectivity index (χ0) is 30.7. The number of nitrogens with one attached hydrogen (secondary N) is 1. The molecule has 0 aliphatic rings. The van der Waals surface area contributed by atoms with E-state index in [9.17, 15) is 35.9 Å². The lowest BCUT2D eigenvalue weighted by Gasteiger charge is -2.14. The SMILES string of the molecule is N=C(N)c1ccc2cc(Oc3c(N)cc(S(=O)(=O)c4ccc(F)cc4)cc3C(=O)O)ccc2c1.O=C(O)C(F)(F)F. The van der Waals surface area contributed by atoms with Crippen LogP contribution in [0.1, 0.15) is 15.9 Å². The van der Waals surface area contributed by atoms with Crippen molar-refractivity contribution in [3.8, 4) is 11.5 Å². The van der Waals surface area contributed by atoms with Crippen LogP contribution >= 0.6 is 0 Å². The number of carboxylic acid groups (broad SMARTS) is 2. The molecule has 0 saturated heterocycles. The Bertz CT molecular complexity index is 1770. The molecule has 10 nitrogen and oxygen atoms in total. The van der Waals surface area contributed by atoms with Gasteiger partial charge >= 0.3 is 18.1 Å². The van der Waals surface area contributed by atoms with Crippen LogP contribution in [0.25, 0.3) is 10.8 Å². The van der Waals surface area contributed by atoms with Crippen LogP contribution < -0.4 is 16.2 Å². The van der Waals surface area contributed by atoms with Gasteiger partial charge in [0.15, 0.2) is 5.75 Å². The fraction of sp³-hybridized carbons (Fsp3) is 0.0385. The van der Waals surface area contributed by atoms with Crippen molar-refractivity contribution in [2.45, 2.75) is 16.0 Å². The van der Waals surface area contributed by atoms with Crippen LogP contribution in [0.5, 0.6) is 11.5 Å². The predicted molar refractivity (Wildman–Crippen MR) is 138 cm³/mol. The van der Waals surface area contributed by atoms with Gasteiger partial charge in [-0.05, 0) is 65.4 Å². The average Bonchev–Trinajstić information content (AvgIpc) is 2.89. The standard InChI is InChI=1S/C24H18FN3O5S.C2HF3O2/c25-16-4-7-18(8-5-16)34(31,32)19-11-20(24(29)30)22(21(26)12-19)33-17-6-3-13-9-15(23(27)28)2-1-14(13)10-17;3-2(4,5)1(6)7/h1-12H,26H2,(H3,27,28)(H,29,30);(H,6,7). The number of ether oxygens (including phenoxy) is 1. The van der Waals surface area contributed by atoms with E-state index >= 15 is 0 Å². The van der Waals surface area contributed by atoms with Crippen LogP contribution in [0.2, 0.25) is 0 Å². The predicted octanol–water partition coefficient (Wildman–Crippen LogP) is 4.80. The Morgan fingerprint density at radius 2 is 1.41 bits per heavy atom. The number of fused-ring (bicyclic) bond motifs is 1.